The lowest BCUT2D eigenvalue weighted by atomic mass is 10.0. The summed E-state index contributed by atoms with van der Waals surface area (Å²) < 4.78 is 9.32. The second-order valence-electron chi connectivity index (χ2n) is 5.96. The summed E-state index contributed by atoms with van der Waals surface area (Å²) in [5, 5.41) is 6.75. The zero-order valence-corrected chi connectivity index (χ0v) is 17.1. The highest BCUT2D eigenvalue weighted by molar-refractivity contribution is 6.23. The molecule has 0 aliphatic rings. The number of alkyl carbamates (subject to hydrolysis) is 2. The van der Waals surface area contributed by atoms with Crippen molar-refractivity contribution < 1.29 is 28.7 Å². The van der Waals surface area contributed by atoms with Crippen LogP contribution in [0.2, 0.25) is 0 Å². The van der Waals surface area contributed by atoms with Crippen LogP contribution in [-0.4, -0.2) is 37.2 Å². The van der Waals surface area contributed by atoms with Gasteiger partial charge in [0.05, 0.1) is 13.2 Å². The molecule has 0 spiro atoms. The van der Waals surface area contributed by atoms with Gasteiger partial charge in [-0.05, 0) is 25.5 Å². The van der Waals surface area contributed by atoms with Gasteiger partial charge in [-0.2, -0.15) is 0 Å². The number of carbonyl (C=O) groups excluding carboxylic acids is 4. The minimum absolute atomic E-state index is 0.0376. The smallest absolute Gasteiger partial charge is 0.414 e. The van der Waals surface area contributed by atoms with Gasteiger partial charge >= 0.3 is 12.2 Å². The lowest BCUT2D eigenvalue weighted by molar-refractivity contribution is -0.122. The molecule has 0 unspecified atom stereocenters. The number of ether oxygens (including phenoxy) is 2. The van der Waals surface area contributed by atoms with Gasteiger partial charge < -0.3 is 14.8 Å². The number of benzene rings is 2. The topological polar surface area (TPSA) is 123 Å². The van der Waals surface area contributed by atoms with Crippen LogP contribution in [0.25, 0.3) is 11.1 Å². The van der Waals surface area contributed by atoms with Crippen LogP contribution in [0.5, 0.6) is 0 Å². The molecule has 4 amide bonds. The number of hydrogen-bond donors (Lipinski definition) is 3. The molecule has 0 fully saturated rings. The molecule has 3 N–H and O–H groups in total. The van der Waals surface area contributed by atoms with E-state index in [9.17, 15) is 19.2 Å². The number of imide groups is 2. The molecule has 0 aliphatic heterocycles. The van der Waals surface area contributed by atoms with Crippen LogP contribution in [-0.2, 0) is 19.1 Å². The van der Waals surface area contributed by atoms with Gasteiger partial charge in [-0.25, -0.2) is 9.59 Å². The molecule has 0 atom stereocenters. The fourth-order valence-electron chi connectivity index (χ4n) is 2.52. The van der Waals surface area contributed by atoms with E-state index in [-0.39, 0.29) is 13.2 Å². The predicted molar refractivity (Wildman–Crippen MR) is 114 cm³/mol. The van der Waals surface area contributed by atoms with Crippen LogP contribution in [0.15, 0.2) is 66.4 Å². The Kier molecular flexibility index (Phi) is 8.78. The molecule has 0 aliphatic carbocycles. The first-order valence-electron chi connectivity index (χ1n) is 9.53. The molecule has 31 heavy (non-hydrogen) atoms. The van der Waals surface area contributed by atoms with Gasteiger partial charge in [0.2, 0.25) is 0 Å². The number of amides is 4. The Morgan fingerprint density at radius 1 is 0.774 bits per heavy atom. The van der Waals surface area contributed by atoms with Crippen molar-refractivity contribution in [3.8, 4) is 11.1 Å². The Balaban J connectivity index is 2.31. The van der Waals surface area contributed by atoms with E-state index in [1.807, 2.05) is 53.1 Å². The van der Waals surface area contributed by atoms with Gasteiger partial charge in [0, 0.05) is 17.5 Å². The van der Waals surface area contributed by atoms with Crippen molar-refractivity contribution in [2.45, 2.75) is 13.8 Å². The SMILES string of the molecule is CCOC(=O)NC(=O)C(=CNc1ccccc1-c1ccccc1)C(=O)NC(=O)OCC. The molecule has 9 nitrogen and oxygen atoms in total. The number of para-hydroxylation sites is 1. The fourth-order valence-corrected chi connectivity index (χ4v) is 2.52. The van der Waals surface area contributed by atoms with E-state index in [2.05, 4.69) is 14.8 Å². The van der Waals surface area contributed by atoms with Crippen LogP contribution in [0.4, 0.5) is 15.3 Å². The normalized spacial score (nSPS) is 9.74. The maximum Gasteiger partial charge on any atom is 0.414 e. The molecule has 0 saturated carbocycles. The van der Waals surface area contributed by atoms with E-state index in [4.69, 9.17) is 0 Å². The largest absolute Gasteiger partial charge is 0.450 e. The minimum Gasteiger partial charge on any atom is -0.450 e. The van der Waals surface area contributed by atoms with Crippen LogP contribution in [0, 0.1) is 0 Å². The Labute approximate surface area is 179 Å². The van der Waals surface area contributed by atoms with Crippen molar-refractivity contribution in [3.63, 3.8) is 0 Å². The summed E-state index contributed by atoms with van der Waals surface area (Å²) in [6.45, 7) is 3.21. The standard InChI is InChI=1S/C22H23N3O6/c1-3-30-21(28)24-19(26)17(20(27)25-22(29)31-4-2)14-23-18-13-9-8-12-16(18)15-10-6-5-7-11-15/h5-14,23H,3-4H2,1-2H3,(H,24,26,28)(H,25,27,29). The van der Waals surface area contributed by atoms with Crippen LogP contribution < -0.4 is 16.0 Å². The summed E-state index contributed by atoms with van der Waals surface area (Å²) >= 11 is 0. The minimum atomic E-state index is -1.05. The quantitative estimate of drug-likeness (QED) is 0.354. The zero-order chi connectivity index (χ0) is 22.6. The average molecular weight is 425 g/mol. The van der Waals surface area contributed by atoms with Gasteiger partial charge in [0.25, 0.3) is 11.8 Å². The molecular weight excluding hydrogens is 402 g/mol. The summed E-state index contributed by atoms with van der Waals surface area (Å²) in [4.78, 5) is 48.1. The Morgan fingerprint density at radius 3 is 1.84 bits per heavy atom. The van der Waals surface area contributed by atoms with Crippen LogP contribution >= 0.6 is 0 Å². The molecule has 9 heteroatoms. The monoisotopic (exact) mass is 425 g/mol. The van der Waals surface area contributed by atoms with Crippen molar-refractivity contribution in [1.29, 1.82) is 0 Å². The highest BCUT2D eigenvalue weighted by Gasteiger charge is 2.23. The number of hydrogen-bond acceptors (Lipinski definition) is 7. The Hall–Kier alpha value is -4.14. The summed E-state index contributed by atoms with van der Waals surface area (Å²) in [6, 6.07) is 16.7. The predicted octanol–water partition coefficient (Wildman–Crippen LogP) is 3.19. The number of nitrogens with one attached hydrogen (secondary N) is 3. The van der Waals surface area contributed by atoms with E-state index in [0.717, 1.165) is 17.3 Å². The van der Waals surface area contributed by atoms with Crippen LogP contribution in [0.3, 0.4) is 0 Å². The summed E-state index contributed by atoms with van der Waals surface area (Å²) in [7, 11) is 0. The highest BCUT2D eigenvalue weighted by Crippen LogP contribution is 2.27. The van der Waals surface area contributed by atoms with Crippen molar-refractivity contribution in [2.75, 3.05) is 18.5 Å². The molecule has 2 aromatic carbocycles. The molecule has 2 aromatic rings. The van der Waals surface area contributed by atoms with Gasteiger partial charge in [0.1, 0.15) is 5.57 Å². The average Bonchev–Trinajstić information content (AvgIpc) is 2.75. The number of carbonyl (C=O) groups is 4. The van der Waals surface area contributed by atoms with E-state index >= 15 is 0 Å². The molecule has 2 rings (SSSR count). The second-order valence-corrected chi connectivity index (χ2v) is 5.96. The maximum absolute atomic E-state index is 12.5. The molecule has 162 valence electrons. The van der Waals surface area contributed by atoms with E-state index in [1.165, 1.54) is 0 Å². The highest BCUT2D eigenvalue weighted by atomic mass is 16.6. The van der Waals surface area contributed by atoms with Gasteiger partial charge in [-0.1, -0.05) is 48.5 Å². The van der Waals surface area contributed by atoms with Gasteiger partial charge in [-0.3, -0.25) is 20.2 Å². The summed E-state index contributed by atoms with van der Waals surface area (Å²) in [5.74, 6) is -2.10. The lowest BCUT2D eigenvalue weighted by Gasteiger charge is -2.12. The van der Waals surface area contributed by atoms with Crippen molar-refractivity contribution in [3.05, 3.63) is 66.4 Å². The summed E-state index contributed by atoms with van der Waals surface area (Å²) in [5.41, 5.74) is 1.80. The lowest BCUT2D eigenvalue weighted by Crippen LogP contribution is -2.40. The molecule has 0 radical (unpaired) electrons. The third kappa shape index (κ3) is 7.00. The maximum atomic E-state index is 12.5. The molecule has 0 saturated heterocycles. The van der Waals surface area contributed by atoms with Crippen molar-refractivity contribution in [2.24, 2.45) is 0 Å². The first-order chi connectivity index (χ1) is 15.0. The zero-order valence-electron chi connectivity index (χ0n) is 17.1. The Bertz CT molecular complexity index is 938. The molecule has 0 bridgehead atoms. The molecular formula is C22H23N3O6. The second kappa shape index (κ2) is 11.8. The molecule has 0 heterocycles. The molecule has 0 aromatic heterocycles. The van der Waals surface area contributed by atoms with Gasteiger partial charge in [-0.15, -0.1) is 0 Å². The third-order valence-corrected chi connectivity index (χ3v) is 3.86. The van der Waals surface area contributed by atoms with Gasteiger partial charge in [0.15, 0.2) is 0 Å². The first kappa shape index (κ1) is 23.1. The van der Waals surface area contributed by atoms with Crippen molar-refractivity contribution in [1.82, 2.24) is 10.6 Å². The fraction of sp³-hybridized carbons (Fsp3) is 0.182. The Morgan fingerprint density at radius 2 is 1.29 bits per heavy atom. The number of anilines is 1. The third-order valence-electron chi connectivity index (χ3n) is 3.86. The van der Waals surface area contributed by atoms with Crippen LogP contribution in [0.1, 0.15) is 13.8 Å². The first-order valence-corrected chi connectivity index (χ1v) is 9.53. The van der Waals surface area contributed by atoms with Crippen molar-refractivity contribution >= 4 is 29.7 Å². The van der Waals surface area contributed by atoms with E-state index < -0.39 is 29.6 Å². The van der Waals surface area contributed by atoms with E-state index in [0.29, 0.717) is 5.69 Å². The summed E-state index contributed by atoms with van der Waals surface area (Å²) in [6.07, 6.45) is -0.940. The van der Waals surface area contributed by atoms with E-state index in [1.54, 1.807) is 26.0 Å². The number of rotatable bonds is 7.